The lowest BCUT2D eigenvalue weighted by atomic mass is 10.1. The number of pyridine rings is 1. The Labute approximate surface area is 142 Å². The van der Waals surface area contributed by atoms with Crippen LogP contribution in [0.3, 0.4) is 0 Å². The fourth-order valence-electron chi connectivity index (χ4n) is 3.49. The lowest BCUT2D eigenvalue weighted by Gasteiger charge is -2.34. The Morgan fingerprint density at radius 1 is 1.20 bits per heavy atom. The first kappa shape index (κ1) is 15.9. The minimum absolute atomic E-state index is 0.0684. The summed E-state index contributed by atoms with van der Waals surface area (Å²) < 4.78 is 21.7. The SMILES string of the molecule is CCn1c2cc(N3CCN(C)CC3)c(F)cc2c(=O)c2c(=O)[nH]oc21. The normalized spacial score (nSPS) is 16.2. The Morgan fingerprint density at radius 2 is 1.92 bits per heavy atom. The third-order valence-electron chi connectivity index (χ3n) is 4.91. The van der Waals surface area contributed by atoms with E-state index in [4.69, 9.17) is 4.52 Å². The third kappa shape index (κ3) is 2.36. The van der Waals surface area contributed by atoms with Crippen molar-refractivity contribution in [2.75, 3.05) is 38.1 Å². The van der Waals surface area contributed by atoms with Crippen molar-refractivity contribution in [1.82, 2.24) is 14.6 Å². The second kappa shape index (κ2) is 5.73. The molecule has 8 heteroatoms. The molecule has 1 fully saturated rings. The van der Waals surface area contributed by atoms with Crippen molar-refractivity contribution in [3.8, 4) is 0 Å². The molecular weight excluding hydrogens is 327 g/mol. The smallest absolute Gasteiger partial charge is 0.293 e. The number of nitrogens with one attached hydrogen (secondary N) is 1. The number of likely N-dealkylation sites (N-methyl/N-ethyl adjacent to an activating group) is 1. The van der Waals surface area contributed by atoms with Gasteiger partial charge < -0.3 is 18.9 Å². The summed E-state index contributed by atoms with van der Waals surface area (Å²) in [4.78, 5) is 28.7. The van der Waals surface area contributed by atoms with Gasteiger partial charge in [-0.05, 0) is 26.1 Å². The van der Waals surface area contributed by atoms with Gasteiger partial charge in [0.05, 0.1) is 11.2 Å². The Bertz CT molecular complexity index is 1070. The highest BCUT2D eigenvalue weighted by atomic mass is 19.1. The van der Waals surface area contributed by atoms with E-state index in [0.717, 1.165) is 26.2 Å². The van der Waals surface area contributed by atoms with E-state index in [1.165, 1.54) is 6.07 Å². The van der Waals surface area contributed by atoms with Crippen LogP contribution >= 0.6 is 0 Å². The molecule has 4 rings (SSSR count). The number of nitrogens with zero attached hydrogens (tertiary/aromatic N) is 3. The summed E-state index contributed by atoms with van der Waals surface area (Å²) >= 11 is 0. The number of hydrogen-bond acceptors (Lipinski definition) is 5. The van der Waals surface area contributed by atoms with Gasteiger partial charge in [-0.3, -0.25) is 9.59 Å². The van der Waals surface area contributed by atoms with E-state index in [1.54, 1.807) is 10.6 Å². The molecule has 132 valence electrons. The van der Waals surface area contributed by atoms with Crippen LogP contribution in [0.2, 0.25) is 0 Å². The van der Waals surface area contributed by atoms with Crippen molar-refractivity contribution >= 4 is 27.7 Å². The van der Waals surface area contributed by atoms with Crippen LogP contribution in [-0.4, -0.2) is 47.9 Å². The summed E-state index contributed by atoms with van der Waals surface area (Å²) in [5, 5.41) is 2.33. The molecule has 1 N–H and O–H groups in total. The van der Waals surface area contributed by atoms with Crippen LogP contribution in [0.15, 0.2) is 26.2 Å². The number of piperazine rings is 1. The monoisotopic (exact) mass is 346 g/mol. The number of hydrogen-bond donors (Lipinski definition) is 1. The summed E-state index contributed by atoms with van der Waals surface area (Å²) in [5.74, 6) is -0.448. The van der Waals surface area contributed by atoms with Gasteiger partial charge in [-0.1, -0.05) is 0 Å². The fraction of sp³-hybridized carbons (Fsp3) is 0.412. The van der Waals surface area contributed by atoms with Crippen molar-refractivity contribution in [3.63, 3.8) is 0 Å². The predicted molar refractivity (Wildman–Crippen MR) is 93.9 cm³/mol. The lowest BCUT2D eigenvalue weighted by molar-refractivity contribution is 0.312. The van der Waals surface area contributed by atoms with E-state index in [2.05, 4.69) is 10.1 Å². The minimum atomic E-state index is -0.590. The Hall–Kier alpha value is -2.61. The van der Waals surface area contributed by atoms with Crippen LogP contribution in [0.5, 0.6) is 0 Å². The van der Waals surface area contributed by atoms with Gasteiger partial charge in [-0.2, -0.15) is 5.16 Å². The van der Waals surface area contributed by atoms with Crippen LogP contribution in [0.25, 0.3) is 22.0 Å². The van der Waals surface area contributed by atoms with Crippen molar-refractivity contribution in [2.24, 2.45) is 0 Å². The van der Waals surface area contributed by atoms with Crippen molar-refractivity contribution in [1.29, 1.82) is 0 Å². The van der Waals surface area contributed by atoms with Crippen molar-refractivity contribution in [3.05, 3.63) is 38.5 Å². The zero-order valence-electron chi connectivity index (χ0n) is 14.1. The molecule has 25 heavy (non-hydrogen) atoms. The first-order valence-electron chi connectivity index (χ1n) is 8.32. The maximum absolute atomic E-state index is 14.7. The summed E-state index contributed by atoms with van der Waals surface area (Å²) in [5.41, 5.74) is 0.139. The van der Waals surface area contributed by atoms with Crippen LogP contribution in [0, 0.1) is 5.82 Å². The van der Waals surface area contributed by atoms with Crippen LogP contribution in [0.1, 0.15) is 6.92 Å². The van der Waals surface area contributed by atoms with E-state index < -0.39 is 16.8 Å². The first-order chi connectivity index (χ1) is 12.0. The van der Waals surface area contributed by atoms with Gasteiger partial charge in [0.2, 0.25) is 11.1 Å². The minimum Gasteiger partial charge on any atom is -0.367 e. The van der Waals surface area contributed by atoms with Crippen LogP contribution in [-0.2, 0) is 6.54 Å². The number of aromatic nitrogens is 2. The molecule has 0 aliphatic carbocycles. The van der Waals surface area contributed by atoms with Gasteiger partial charge in [0.1, 0.15) is 5.82 Å². The van der Waals surface area contributed by atoms with Crippen molar-refractivity contribution in [2.45, 2.75) is 13.5 Å². The molecular formula is C17H19FN4O3. The summed E-state index contributed by atoms with van der Waals surface area (Å²) in [6.07, 6.45) is 0. The van der Waals surface area contributed by atoms with Gasteiger partial charge in [0.15, 0.2) is 5.39 Å². The number of aromatic amines is 1. The maximum Gasteiger partial charge on any atom is 0.293 e. The van der Waals surface area contributed by atoms with Gasteiger partial charge in [-0.25, -0.2) is 4.39 Å². The molecule has 3 aromatic rings. The Kier molecular flexibility index (Phi) is 3.64. The number of anilines is 1. The molecule has 1 aliphatic rings. The Balaban J connectivity index is 2.00. The maximum atomic E-state index is 14.7. The highest BCUT2D eigenvalue weighted by Gasteiger charge is 2.22. The zero-order valence-corrected chi connectivity index (χ0v) is 14.1. The molecule has 1 aromatic carbocycles. The quantitative estimate of drug-likeness (QED) is 0.758. The Morgan fingerprint density at radius 3 is 2.60 bits per heavy atom. The van der Waals surface area contributed by atoms with E-state index in [1.807, 2.05) is 18.9 Å². The number of rotatable bonds is 2. The topological polar surface area (TPSA) is 74.5 Å². The molecule has 1 aliphatic heterocycles. The second-order valence-electron chi connectivity index (χ2n) is 6.40. The van der Waals surface area contributed by atoms with Gasteiger partial charge in [0, 0.05) is 38.1 Å². The number of halogens is 1. The van der Waals surface area contributed by atoms with Gasteiger partial charge >= 0.3 is 0 Å². The standard InChI is InChI=1S/C17H19FN4O3/c1-3-22-12-9-13(21-6-4-20(2)5-7-21)11(18)8-10(12)15(23)14-16(24)19-25-17(14)22/h8-9H,3-7H2,1-2H3,(H,19,24). The molecule has 0 spiro atoms. The molecule has 7 nitrogen and oxygen atoms in total. The van der Waals surface area contributed by atoms with Gasteiger partial charge in [0.25, 0.3) is 5.56 Å². The number of aryl methyl sites for hydroxylation is 1. The third-order valence-corrected chi connectivity index (χ3v) is 4.91. The average Bonchev–Trinajstić information content (AvgIpc) is 2.98. The first-order valence-corrected chi connectivity index (χ1v) is 8.32. The largest absolute Gasteiger partial charge is 0.367 e. The highest BCUT2D eigenvalue weighted by molar-refractivity contribution is 5.92. The van der Waals surface area contributed by atoms with Crippen molar-refractivity contribution < 1.29 is 8.91 Å². The summed E-state index contributed by atoms with van der Waals surface area (Å²) in [7, 11) is 2.04. The summed E-state index contributed by atoms with van der Waals surface area (Å²) in [6, 6.07) is 2.93. The van der Waals surface area contributed by atoms with Gasteiger partial charge in [-0.15, -0.1) is 0 Å². The van der Waals surface area contributed by atoms with Crippen LogP contribution in [0.4, 0.5) is 10.1 Å². The molecule has 3 heterocycles. The summed E-state index contributed by atoms with van der Waals surface area (Å²) in [6.45, 7) is 5.51. The van der Waals surface area contributed by atoms with E-state index in [0.29, 0.717) is 17.7 Å². The van der Waals surface area contributed by atoms with E-state index in [9.17, 15) is 14.0 Å². The highest BCUT2D eigenvalue weighted by Crippen LogP contribution is 2.27. The van der Waals surface area contributed by atoms with E-state index >= 15 is 0 Å². The molecule has 2 aromatic heterocycles. The molecule has 0 bridgehead atoms. The number of fused-ring (bicyclic) bond motifs is 2. The lowest BCUT2D eigenvalue weighted by Crippen LogP contribution is -2.44. The molecule has 0 atom stereocenters. The number of H-pyrrole nitrogens is 1. The number of benzene rings is 1. The molecule has 0 radical (unpaired) electrons. The van der Waals surface area contributed by atoms with E-state index in [-0.39, 0.29) is 16.5 Å². The second-order valence-corrected chi connectivity index (χ2v) is 6.40. The van der Waals surface area contributed by atoms with Crippen LogP contribution < -0.4 is 15.9 Å². The zero-order chi connectivity index (χ0) is 17.7. The molecule has 0 unspecified atom stereocenters. The predicted octanol–water partition coefficient (Wildman–Crippen LogP) is 1.35. The fourth-order valence-corrected chi connectivity index (χ4v) is 3.49. The molecule has 0 amide bonds. The average molecular weight is 346 g/mol. The molecule has 1 saturated heterocycles. The molecule has 0 saturated carbocycles.